The Hall–Kier alpha value is -5.62. The van der Waals surface area contributed by atoms with Gasteiger partial charge in [0, 0.05) is 42.8 Å². The highest BCUT2D eigenvalue weighted by atomic mass is 19.1. The lowest BCUT2D eigenvalue weighted by Crippen LogP contribution is -2.52. The predicted octanol–water partition coefficient (Wildman–Crippen LogP) is 1.51. The zero-order valence-corrected chi connectivity index (χ0v) is 27.5. The highest BCUT2D eigenvalue weighted by Crippen LogP contribution is 2.38. The molecule has 4 aliphatic heterocycles. The van der Waals surface area contributed by atoms with Gasteiger partial charge in [-0.15, -0.1) is 0 Å². The number of hydrazine groups is 2. The Morgan fingerprint density at radius 3 is 2.72 bits per heavy atom. The number of likely N-dealkylation sites (tertiary alicyclic amines) is 1. The molecule has 4 aliphatic rings. The molecule has 0 aromatic heterocycles. The second-order valence-corrected chi connectivity index (χ2v) is 12.7. The van der Waals surface area contributed by atoms with E-state index in [9.17, 15) is 38.4 Å². The molecule has 0 radical (unpaired) electrons. The van der Waals surface area contributed by atoms with Gasteiger partial charge >= 0.3 is 5.91 Å². The van der Waals surface area contributed by atoms with Crippen LogP contribution in [0.3, 0.4) is 0 Å². The number of amides is 5. The molecule has 6 rings (SSSR count). The number of piperidine rings is 1. The Bertz CT molecular complexity index is 1860. The smallest absolute Gasteiger partial charge is 0.307 e. The molecule has 2 unspecified atom stereocenters. The van der Waals surface area contributed by atoms with E-state index in [0.29, 0.717) is 60.3 Å². The number of halogens is 1. The quantitative estimate of drug-likeness (QED) is 0.173. The van der Waals surface area contributed by atoms with Gasteiger partial charge in [-0.25, -0.2) is 4.39 Å². The summed E-state index contributed by atoms with van der Waals surface area (Å²) in [7, 11) is 0. The second kappa shape index (κ2) is 14.5. The largest absolute Gasteiger partial charge is 0.505 e. The van der Waals surface area contributed by atoms with E-state index in [4.69, 9.17) is 0 Å². The summed E-state index contributed by atoms with van der Waals surface area (Å²) in [5.41, 5.74) is 4.33. The summed E-state index contributed by atoms with van der Waals surface area (Å²) < 4.78 is 14.8. The van der Waals surface area contributed by atoms with Crippen molar-refractivity contribution >= 4 is 40.9 Å². The molecule has 3 saturated heterocycles. The third-order valence-corrected chi connectivity index (χ3v) is 9.20. The Kier molecular flexibility index (Phi) is 9.91. The zero-order chi connectivity index (χ0) is 35.5. The number of phenolic OH excluding ortho intramolecular Hbond substituents is 1. The number of nitroso groups, excluding NO2 is 1. The van der Waals surface area contributed by atoms with Crippen LogP contribution in [0.1, 0.15) is 66.1 Å². The summed E-state index contributed by atoms with van der Waals surface area (Å²) >= 11 is 0. The fourth-order valence-corrected chi connectivity index (χ4v) is 6.90. The van der Waals surface area contributed by atoms with Crippen molar-refractivity contribution < 1.29 is 38.4 Å². The molecule has 4 heterocycles. The van der Waals surface area contributed by atoms with Crippen LogP contribution in [0.5, 0.6) is 5.75 Å². The number of rotatable bonds is 9. The first-order chi connectivity index (χ1) is 24.0. The molecule has 0 aliphatic carbocycles. The van der Waals surface area contributed by atoms with E-state index >= 15 is 0 Å². The molecule has 14 nitrogen and oxygen atoms in total. The average Bonchev–Trinajstić information content (AvgIpc) is 3.73. The minimum atomic E-state index is -0.813. The SMILES string of the molecule is CC/C=C1\c2cccc(C#CCNC(=O)CC3CCN(CCc4cc(O)c(N5CC(=O)N[N+]5=O)c(F)c4)C3)c2C(=O)N1C1CCC(=O)NC1=O. The number of nitrogens with zero attached hydrogens (tertiary/aromatic N) is 4. The number of hydrogen-bond donors (Lipinski definition) is 4. The van der Waals surface area contributed by atoms with Gasteiger partial charge in [0.1, 0.15) is 11.8 Å². The molecule has 5 amide bonds. The fourth-order valence-electron chi connectivity index (χ4n) is 6.90. The summed E-state index contributed by atoms with van der Waals surface area (Å²) in [6, 6.07) is 7.17. The molecular formula is C35H37FN7O7+. The van der Waals surface area contributed by atoms with Gasteiger partial charge in [-0.3, -0.25) is 34.2 Å². The number of carbonyl (C=O) groups excluding carboxylic acids is 5. The lowest BCUT2D eigenvalue weighted by molar-refractivity contribution is -0.591. The molecule has 2 aromatic carbocycles. The van der Waals surface area contributed by atoms with Crippen molar-refractivity contribution in [3.8, 4) is 17.6 Å². The van der Waals surface area contributed by atoms with Crippen LogP contribution in [0.25, 0.3) is 5.70 Å². The van der Waals surface area contributed by atoms with Crippen molar-refractivity contribution in [1.82, 2.24) is 25.9 Å². The van der Waals surface area contributed by atoms with Crippen LogP contribution < -0.4 is 21.1 Å². The topological polar surface area (TPSA) is 171 Å². The number of nitrogens with one attached hydrogen (secondary N) is 3. The minimum absolute atomic E-state index is 0.0818. The van der Waals surface area contributed by atoms with Gasteiger partial charge in [0.05, 0.1) is 17.0 Å². The van der Waals surface area contributed by atoms with Crippen molar-refractivity contribution in [2.75, 3.05) is 37.7 Å². The maximum absolute atomic E-state index is 14.8. The van der Waals surface area contributed by atoms with E-state index in [1.807, 2.05) is 24.5 Å². The number of hydrogen-bond acceptors (Lipinski definition) is 8. The number of benzene rings is 2. The Morgan fingerprint density at radius 1 is 1.18 bits per heavy atom. The lowest BCUT2D eigenvalue weighted by Gasteiger charge is -2.30. The molecule has 4 N–H and O–H groups in total. The van der Waals surface area contributed by atoms with Gasteiger partial charge in [-0.1, -0.05) is 47.4 Å². The lowest BCUT2D eigenvalue weighted by atomic mass is 10.0. The monoisotopic (exact) mass is 686 g/mol. The summed E-state index contributed by atoms with van der Waals surface area (Å²) in [5, 5.41) is 16.3. The van der Waals surface area contributed by atoms with Crippen LogP contribution in [0.4, 0.5) is 10.1 Å². The normalized spacial score (nSPS) is 21.3. The van der Waals surface area contributed by atoms with Crippen LogP contribution >= 0.6 is 0 Å². The van der Waals surface area contributed by atoms with Gasteiger partial charge in [0.15, 0.2) is 18.0 Å². The molecule has 3 fully saturated rings. The Labute approximate surface area is 287 Å². The second-order valence-electron chi connectivity index (χ2n) is 12.7. The van der Waals surface area contributed by atoms with Gasteiger partial charge < -0.3 is 15.3 Å². The van der Waals surface area contributed by atoms with E-state index in [-0.39, 0.29) is 53.7 Å². The van der Waals surface area contributed by atoms with Crippen LogP contribution in [0.15, 0.2) is 36.4 Å². The number of allylic oxidation sites excluding steroid dienone is 1. The standard InChI is InChI=1S/C35H36FN7O7/c1-2-5-26-24-8-3-6-23(32(24)35(49)42(26)27-9-10-29(45)38-34(27)48)7-4-13-37-30(46)18-22-12-15-40(19-22)14-11-21-16-25(36)33(28(44)17-21)41-20-31(47)39-43(41)50/h3,5-6,8,16-17,22,27H,2,9-15,18-20H2,1H3,(H3-,37,38,39,44,45,46,47,48,50)/p+1/b26-5+. The number of phenols is 1. The Morgan fingerprint density at radius 2 is 2.00 bits per heavy atom. The highest BCUT2D eigenvalue weighted by Gasteiger charge is 2.43. The van der Waals surface area contributed by atoms with Gasteiger partial charge in [0.25, 0.3) is 10.9 Å². The average molecular weight is 687 g/mol. The molecule has 15 heteroatoms. The fraction of sp³-hybridized carbons (Fsp3) is 0.400. The van der Waals surface area contributed by atoms with Crippen LogP contribution in [0.2, 0.25) is 0 Å². The van der Waals surface area contributed by atoms with E-state index in [1.54, 1.807) is 12.1 Å². The number of anilines is 1. The first-order valence-electron chi connectivity index (χ1n) is 16.6. The summed E-state index contributed by atoms with van der Waals surface area (Å²) in [6.07, 6.45) is 4.46. The van der Waals surface area contributed by atoms with Gasteiger partial charge in [0.2, 0.25) is 17.7 Å². The third kappa shape index (κ3) is 7.06. The summed E-state index contributed by atoms with van der Waals surface area (Å²) in [4.78, 5) is 77.7. The number of imide groups is 1. The van der Waals surface area contributed by atoms with Gasteiger partial charge in [-0.05, 0) is 61.9 Å². The molecule has 0 spiro atoms. The highest BCUT2D eigenvalue weighted by molar-refractivity contribution is 6.14. The minimum Gasteiger partial charge on any atom is -0.505 e. The van der Waals surface area contributed by atoms with Crippen LogP contribution in [0, 0.1) is 28.5 Å². The van der Waals surface area contributed by atoms with Crippen molar-refractivity contribution in [2.24, 2.45) is 5.92 Å². The first-order valence-corrected chi connectivity index (χ1v) is 16.6. The molecule has 2 aromatic rings. The third-order valence-electron chi connectivity index (χ3n) is 9.20. The van der Waals surface area contributed by atoms with E-state index in [2.05, 4.69) is 27.4 Å². The van der Waals surface area contributed by atoms with Crippen molar-refractivity contribution in [2.45, 2.75) is 51.5 Å². The van der Waals surface area contributed by atoms with Crippen LogP contribution in [-0.2, 0) is 25.6 Å². The predicted molar refractivity (Wildman–Crippen MR) is 177 cm³/mol. The molecule has 50 heavy (non-hydrogen) atoms. The summed E-state index contributed by atoms with van der Waals surface area (Å²) in [6.45, 7) is 3.63. The first kappa shape index (κ1) is 34.3. The van der Waals surface area contributed by atoms with E-state index in [0.717, 1.165) is 18.0 Å². The summed E-state index contributed by atoms with van der Waals surface area (Å²) in [5.74, 6) is 2.87. The van der Waals surface area contributed by atoms with Crippen molar-refractivity contribution in [1.29, 1.82) is 0 Å². The maximum Gasteiger partial charge on any atom is 0.307 e. The molecular weight excluding hydrogens is 649 g/mol. The number of carbonyl (C=O) groups is 5. The Balaban J connectivity index is 0.998. The van der Waals surface area contributed by atoms with Gasteiger partial charge in [-0.2, -0.15) is 0 Å². The molecule has 0 bridgehead atoms. The van der Waals surface area contributed by atoms with E-state index in [1.165, 1.54) is 17.0 Å². The van der Waals surface area contributed by atoms with Crippen molar-refractivity contribution in [3.63, 3.8) is 0 Å². The molecule has 2 atom stereocenters. The zero-order valence-electron chi connectivity index (χ0n) is 27.5. The van der Waals surface area contributed by atoms with Crippen LogP contribution in [-0.4, -0.2) is 88.2 Å². The number of fused-ring (bicyclic) bond motifs is 1. The maximum atomic E-state index is 14.8. The molecule has 0 saturated carbocycles. The number of aromatic hydroxyl groups is 1. The van der Waals surface area contributed by atoms with E-state index < -0.39 is 36.0 Å². The van der Waals surface area contributed by atoms with Crippen molar-refractivity contribution in [3.05, 3.63) is 69.4 Å². The molecule has 260 valence electrons.